The van der Waals surface area contributed by atoms with Crippen LogP contribution in [0.4, 0.5) is 13.2 Å². The Bertz CT molecular complexity index is 872. The highest BCUT2D eigenvalue weighted by Gasteiger charge is 2.35. The molecule has 0 fully saturated rings. The maximum absolute atomic E-state index is 13.6. The molecule has 3 N–H and O–H groups in total. The molecule has 7 nitrogen and oxygen atoms in total. The second-order valence-electron chi connectivity index (χ2n) is 7.28. The zero-order valence-electron chi connectivity index (χ0n) is 17.4. The first kappa shape index (κ1) is 25.0. The van der Waals surface area contributed by atoms with E-state index < -0.39 is 23.2 Å². The van der Waals surface area contributed by atoms with Gasteiger partial charge in [-0.2, -0.15) is 13.2 Å². The Morgan fingerprint density at radius 1 is 1.19 bits per heavy atom. The van der Waals surface area contributed by atoms with Gasteiger partial charge in [0.25, 0.3) is 0 Å². The molecule has 2 aromatic rings. The van der Waals surface area contributed by atoms with Crippen LogP contribution in [0.25, 0.3) is 10.6 Å². The van der Waals surface area contributed by atoms with Crippen LogP contribution in [0.15, 0.2) is 18.2 Å². The van der Waals surface area contributed by atoms with Gasteiger partial charge in [0.05, 0.1) is 24.1 Å². The third kappa shape index (κ3) is 7.44. The van der Waals surface area contributed by atoms with E-state index in [2.05, 4.69) is 10.2 Å². The molecule has 2 rings (SSSR count). The Morgan fingerprint density at radius 2 is 1.90 bits per heavy atom. The molecule has 0 saturated heterocycles. The van der Waals surface area contributed by atoms with Gasteiger partial charge in [0.2, 0.25) is 0 Å². The van der Waals surface area contributed by atoms with E-state index in [-0.39, 0.29) is 34.4 Å². The van der Waals surface area contributed by atoms with E-state index >= 15 is 0 Å². The van der Waals surface area contributed by atoms with Crippen LogP contribution in [-0.2, 0) is 21.2 Å². The summed E-state index contributed by atoms with van der Waals surface area (Å²) in [6.45, 7) is 4.83. The van der Waals surface area contributed by atoms with Crippen molar-refractivity contribution in [3.8, 4) is 16.3 Å². The Hall–Kier alpha value is -2.24. The SMILES string of the molecule is CCCOCCCCOc1ccc(-c2nnc([C@@](C)(N)CC(=O)O)s2)cc1C(F)(F)F. The quantitative estimate of drug-likeness (QED) is 0.449. The van der Waals surface area contributed by atoms with Crippen molar-refractivity contribution >= 4 is 17.3 Å². The van der Waals surface area contributed by atoms with E-state index in [0.29, 0.717) is 26.1 Å². The molecule has 0 saturated carbocycles. The summed E-state index contributed by atoms with van der Waals surface area (Å²) in [5.41, 5.74) is 3.98. The molecule has 0 amide bonds. The highest BCUT2D eigenvalue weighted by molar-refractivity contribution is 7.14. The van der Waals surface area contributed by atoms with Crippen molar-refractivity contribution in [3.63, 3.8) is 0 Å². The first-order valence-corrected chi connectivity index (χ1v) is 10.6. The summed E-state index contributed by atoms with van der Waals surface area (Å²) in [7, 11) is 0. The lowest BCUT2D eigenvalue weighted by Gasteiger charge is -2.18. The summed E-state index contributed by atoms with van der Waals surface area (Å²) in [5.74, 6) is -1.37. The lowest BCUT2D eigenvalue weighted by molar-refractivity contribution is -0.139. The number of carboxylic acids is 1. The predicted octanol–water partition coefficient (Wildman–Crippen LogP) is 4.46. The monoisotopic (exact) mass is 461 g/mol. The number of ether oxygens (including phenoxy) is 2. The summed E-state index contributed by atoms with van der Waals surface area (Å²) in [4.78, 5) is 11.0. The average molecular weight is 462 g/mol. The van der Waals surface area contributed by atoms with E-state index in [4.69, 9.17) is 20.3 Å². The van der Waals surface area contributed by atoms with Gasteiger partial charge in [-0.15, -0.1) is 10.2 Å². The van der Waals surface area contributed by atoms with E-state index in [1.165, 1.54) is 19.1 Å². The first-order chi connectivity index (χ1) is 14.5. The van der Waals surface area contributed by atoms with Gasteiger partial charge in [0.1, 0.15) is 15.8 Å². The van der Waals surface area contributed by atoms with E-state index in [9.17, 15) is 18.0 Å². The number of nitrogens with zero attached hydrogens (tertiary/aromatic N) is 2. The van der Waals surface area contributed by atoms with Gasteiger partial charge in [-0.05, 0) is 44.4 Å². The van der Waals surface area contributed by atoms with E-state index in [1.54, 1.807) is 0 Å². The molecule has 11 heteroatoms. The fraction of sp³-hybridized carbons (Fsp3) is 0.550. The number of alkyl halides is 3. The van der Waals surface area contributed by atoms with Crippen molar-refractivity contribution in [3.05, 3.63) is 28.8 Å². The van der Waals surface area contributed by atoms with Gasteiger partial charge >= 0.3 is 12.1 Å². The van der Waals surface area contributed by atoms with Crippen molar-refractivity contribution in [1.29, 1.82) is 0 Å². The number of carbonyl (C=O) groups is 1. The third-order valence-corrected chi connectivity index (χ3v) is 5.50. The summed E-state index contributed by atoms with van der Waals surface area (Å²) >= 11 is 0.958. The molecule has 0 unspecified atom stereocenters. The lowest BCUT2D eigenvalue weighted by atomic mass is 10.0. The van der Waals surface area contributed by atoms with Crippen molar-refractivity contribution in [1.82, 2.24) is 10.2 Å². The van der Waals surface area contributed by atoms with Gasteiger partial charge in [0, 0.05) is 18.8 Å². The van der Waals surface area contributed by atoms with Crippen LogP contribution in [0.1, 0.15) is 50.1 Å². The molecule has 1 atom stereocenters. The fourth-order valence-electron chi connectivity index (χ4n) is 2.71. The smallest absolute Gasteiger partial charge is 0.419 e. The van der Waals surface area contributed by atoms with Crippen LogP contribution in [-0.4, -0.2) is 41.1 Å². The molecule has 0 aliphatic carbocycles. The second-order valence-corrected chi connectivity index (χ2v) is 8.25. The number of unbranched alkanes of at least 4 members (excludes halogenated alkanes) is 1. The van der Waals surface area contributed by atoms with Crippen LogP contribution < -0.4 is 10.5 Å². The Balaban J connectivity index is 2.14. The molecule has 172 valence electrons. The number of rotatable bonds is 12. The van der Waals surface area contributed by atoms with Crippen molar-refractivity contribution in [2.45, 2.75) is 51.2 Å². The zero-order chi connectivity index (χ0) is 23.1. The van der Waals surface area contributed by atoms with Crippen LogP contribution in [0.2, 0.25) is 0 Å². The number of aliphatic carboxylic acids is 1. The van der Waals surface area contributed by atoms with Gasteiger partial charge in [-0.3, -0.25) is 4.79 Å². The number of hydrogen-bond donors (Lipinski definition) is 2. The number of aromatic nitrogens is 2. The summed E-state index contributed by atoms with van der Waals surface area (Å²) < 4.78 is 51.4. The minimum Gasteiger partial charge on any atom is -0.493 e. The van der Waals surface area contributed by atoms with Gasteiger partial charge in [0.15, 0.2) is 0 Å². The third-order valence-electron chi connectivity index (χ3n) is 4.25. The highest BCUT2D eigenvalue weighted by atomic mass is 32.1. The fourth-order valence-corrected chi connectivity index (χ4v) is 3.60. The summed E-state index contributed by atoms with van der Waals surface area (Å²) in [6, 6.07) is 3.67. The number of hydrogen-bond acceptors (Lipinski definition) is 7. The largest absolute Gasteiger partial charge is 0.493 e. The molecular formula is C20H26F3N3O4S. The van der Waals surface area contributed by atoms with Crippen LogP contribution in [0, 0.1) is 0 Å². The highest BCUT2D eigenvalue weighted by Crippen LogP contribution is 2.40. The standard InChI is InChI=1S/C20H26F3N3O4S/c1-3-8-29-9-4-5-10-30-15-7-6-13(11-14(15)20(21,22)23)17-25-26-18(31-17)19(2,24)12-16(27)28/h6-7,11H,3-5,8-10,12,24H2,1-2H3,(H,27,28)/t19-/m0/s1. The molecule has 0 radical (unpaired) electrons. The maximum Gasteiger partial charge on any atom is 0.419 e. The Kier molecular flexibility index (Phi) is 8.78. The van der Waals surface area contributed by atoms with Crippen LogP contribution >= 0.6 is 11.3 Å². The molecule has 0 spiro atoms. The minimum atomic E-state index is -4.62. The Morgan fingerprint density at radius 3 is 2.55 bits per heavy atom. The molecule has 1 aromatic carbocycles. The molecule has 1 heterocycles. The zero-order valence-corrected chi connectivity index (χ0v) is 18.2. The molecular weight excluding hydrogens is 435 g/mol. The van der Waals surface area contributed by atoms with Gasteiger partial charge in [-0.25, -0.2) is 0 Å². The molecule has 0 aliphatic heterocycles. The van der Waals surface area contributed by atoms with E-state index in [1.807, 2.05) is 6.92 Å². The maximum atomic E-state index is 13.6. The minimum absolute atomic E-state index is 0.140. The predicted molar refractivity (Wildman–Crippen MR) is 110 cm³/mol. The number of halogens is 3. The molecule has 0 bridgehead atoms. The average Bonchev–Trinajstić information content (AvgIpc) is 3.17. The van der Waals surface area contributed by atoms with Gasteiger partial charge < -0.3 is 20.3 Å². The van der Waals surface area contributed by atoms with Gasteiger partial charge in [-0.1, -0.05) is 18.3 Å². The molecule has 1 aromatic heterocycles. The van der Waals surface area contributed by atoms with Crippen LogP contribution in [0.5, 0.6) is 5.75 Å². The van der Waals surface area contributed by atoms with E-state index in [0.717, 1.165) is 23.8 Å². The number of benzene rings is 1. The van der Waals surface area contributed by atoms with Crippen molar-refractivity contribution in [2.75, 3.05) is 19.8 Å². The summed E-state index contributed by atoms with van der Waals surface area (Å²) in [6.07, 6.45) is -2.82. The second kappa shape index (κ2) is 10.9. The van der Waals surface area contributed by atoms with Crippen molar-refractivity contribution < 1.29 is 32.5 Å². The number of nitrogens with two attached hydrogens (primary N) is 1. The first-order valence-electron chi connectivity index (χ1n) is 9.81. The normalized spacial score (nSPS) is 13.7. The van der Waals surface area contributed by atoms with Crippen molar-refractivity contribution in [2.24, 2.45) is 5.73 Å². The molecule has 0 aliphatic rings. The summed E-state index contributed by atoms with van der Waals surface area (Å²) in [5, 5.41) is 17.2. The lowest BCUT2D eigenvalue weighted by Crippen LogP contribution is -2.35. The Labute approximate surface area is 182 Å². The number of carboxylic acid groups (broad SMARTS) is 1. The topological polar surface area (TPSA) is 108 Å². The van der Waals surface area contributed by atoms with Crippen LogP contribution in [0.3, 0.4) is 0 Å². The molecule has 31 heavy (non-hydrogen) atoms.